The average Bonchev–Trinajstić information content (AvgIpc) is 2.28. The Kier molecular flexibility index (Phi) is 5.62. The molecule has 4 nitrogen and oxygen atoms in total. The smallest absolute Gasteiger partial charge is 0.120 e. The van der Waals surface area contributed by atoms with E-state index in [2.05, 4.69) is 5.32 Å². The maximum atomic E-state index is 11.1. The molecule has 0 radical (unpaired) electrons. The van der Waals surface area contributed by atoms with Crippen LogP contribution < -0.4 is 10.1 Å². The summed E-state index contributed by atoms with van der Waals surface area (Å²) in [6.07, 6.45) is 1.69. The van der Waals surface area contributed by atoms with Crippen molar-refractivity contribution in [3.05, 3.63) is 23.8 Å². The fourth-order valence-corrected chi connectivity index (χ4v) is 2.72. The summed E-state index contributed by atoms with van der Waals surface area (Å²) in [6, 6.07) is 5.24. The van der Waals surface area contributed by atoms with Gasteiger partial charge in [0.25, 0.3) is 0 Å². The van der Waals surface area contributed by atoms with Crippen molar-refractivity contribution in [1.29, 1.82) is 0 Å². The lowest BCUT2D eigenvalue weighted by molar-refractivity contribution is 0.405. The Balaban J connectivity index is 2.76. The summed E-state index contributed by atoms with van der Waals surface area (Å²) in [4.78, 5) is 0. The fraction of sp³-hybridized carbons (Fsp3) is 0.538. The van der Waals surface area contributed by atoms with Crippen LogP contribution in [0.1, 0.15) is 25.5 Å². The molecule has 0 aliphatic rings. The molecule has 1 rings (SSSR count). The number of nitrogens with one attached hydrogen (secondary N) is 1. The van der Waals surface area contributed by atoms with E-state index in [4.69, 9.17) is 4.74 Å². The first kappa shape index (κ1) is 15.0. The zero-order valence-corrected chi connectivity index (χ0v) is 12.1. The van der Waals surface area contributed by atoms with Gasteiger partial charge >= 0.3 is 0 Å². The second-order valence-electron chi connectivity index (χ2n) is 4.45. The summed E-state index contributed by atoms with van der Waals surface area (Å²) in [6.45, 7) is 3.94. The quantitative estimate of drug-likeness (QED) is 0.828. The Hall–Kier alpha value is -1.07. The Morgan fingerprint density at radius 3 is 2.67 bits per heavy atom. The van der Waals surface area contributed by atoms with Crippen molar-refractivity contribution in [2.75, 3.05) is 19.1 Å². The van der Waals surface area contributed by atoms with Gasteiger partial charge in [0.2, 0.25) is 0 Å². The third-order valence-electron chi connectivity index (χ3n) is 2.72. The number of phenols is 1. The van der Waals surface area contributed by atoms with Gasteiger partial charge in [-0.1, -0.05) is 0 Å². The molecule has 0 aromatic heterocycles. The number of methoxy groups -OCH3 is 1. The van der Waals surface area contributed by atoms with E-state index in [0.29, 0.717) is 11.5 Å². The van der Waals surface area contributed by atoms with Gasteiger partial charge in [-0.05, 0) is 32.0 Å². The molecular weight excluding hydrogens is 250 g/mol. The Morgan fingerprint density at radius 2 is 2.11 bits per heavy atom. The van der Waals surface area contributed by atoms with Crippen molar-refractivity contribution in [1.82, 2.24) is 5.32 Å². The minimum atomic E-state index is -0.830. The third-order valence-corrected chi connectivity index (χ3v) is 3.69. The van der Waals surface area contributed by atoms with Crippen LogP contribution in [0, 0.1) is 0 Å². The third kappa shape index (κ3) is 4.31. The van der Waals surface area contributed by atoms with Gasteiger partial charge in [0, 0.05) is 40.5 Å². The highest BCUT2D eigenvalue weighted by Crippen LogP contribution is 2.28. The summed E-state index contributed by atoms with van der Waals surface area (Å²) in [5.74, 6) is 1.54. The molecule has 102 valence electrons. The van der Waals surface area contributed by atoms with E-state index in [-0.39, 0.29) is 17.8 Å². The highest BCUT2D eigenvalue weighted by atomic mass is 32.2. The van der Waals surface area contributed by atoms with Crippen molar-refractivity contribution in [2.45, 2.75) is 25.9 Å². The van der Waals surface area contributed by atoms with Gasteiger partial charge in [0.05, 0.1) is 7.11 Å². The molecule has 0 aliphatic carbocycles. The van der Waals surface area contributed by atoms with Crippen LogP contribution in [-0.2, 0) is 10.8 Å². The largest absolute Gasteiger partial charge is 0.508 e. The summed E-state index contributed by atoms with van der Waals surface area (Å²) < 4.78 is 16.3. The lowest BCUT2D eigenvalue weighted by Crippen LogP contribution is -2.33. The van der Waals surface area contributed by atoms with Crippen LogP contribution in [0.3, 0.4) is 0 Å². The molecule has 0 bridgehead atoms. The van der Waals surface area contributed by atoms with E-state index < -0.39 is 10.8 Å². The molecule has 0 saturated heterocycles. The molecule has 0 heterocycles. The first-order valence-electron chi connectivity index (χ1n) is 5.87. The van der Waals surface area contributed by atoms with E-state index >= 15 is 0 Å². The molecule has 0 aliphatic heterocycles. The number of benzene rings is 1. The van der Waals surface area contributed by atoms with Crippen LogP contribution in [0.4, 0.5) is 0 Å². The van der Waals surface area contributed by atoms with E-state index in [1.807, 2.05) is 19.9 Å². The van der Waals surface area contributed by atoms with Gasteiger partial charge in [0.1, 0.15) is 11.5 Å². The molecular formula is C13H21NO3S. The fourth-order valence-electron chi connectivity index (χ4n) is 1.92. The molecule has 1 aromatic rings. The molecule has 1 aromatic carbocycles. The van der Waals surface area contributed by atoms with Crippen LogP contribution in [0.15, 0.2) is 18.2 Å². The Labute approximate surface area is 111 Å². The van der Waals surface area contributed by atoms with Crippen LogP contribution in [-0.4, -0.2) is 34.5 Å². The van der Waals surface area contributed by atoms with Crippen molar-refractivity contribution in [2.24, 2.45) is 0 Å². The van der Waals surface area contributed by atoms with E-state index in [9.17, 15) is 9.32 Å². The van der Waals surface area contributed by atoms with Crippen molar-refractivity contribution in [3.63, 3.8) is 0 Å². The molecule has 18 heavy (non-hydrogen) atoms. The number of rotatable bonds is 6. The SMILES string of the molecule is COc1ccc(O)c(C(C)NC(C)CS(C)=O)c1. The topological polar surface area (TPSA) is 58.6 Å². The van der Waals surface area contributed by atoms with Gasteiger partial charge in [-0.25, -0.2) is 0 Å². The summed E-state index contributed by atoms with van der Waals surface area (Å²) in [7, 11) is 0.765. The number of phenolic OH excluding ortho intramolecular Hbond substituents is 1. The van der Waals surface area contributed by atoms with Crippen molar-refractivity contribution in [3.8, 4) is 11.5 Å². The number of ether oxygens (including phenoxy) is 1. The molecule has 0 spiro atoms. The minimum Gasteiger partial charge on any atom is -0.508 e. The zero-order chi connectivity index (χ0) is 13.7. The molecule has 2 N–H and O–H groups in total. The average molecular weight is 271 g/mol. The van der Waals surface area contributed by atoms with E-state index in [1.54, 1.807) is 25.5 Å². The zero-order valence-electron chi connectivity index (χ0n) is 11.3. The molecule has 3 atom stereocenters. The number of aromatic hydroxyl groups is 1. The second kappa shape index (κ2) is 6.75. The van der Waals surface area contributed by atoms with Crippen LogP contribution in [0.2, 0.25) is 0 Å². The Bertz CT molecular complexity index is 423. The maximum Gasteiger partial charge on any atom is 0.120 e. The van der Waals surface area contributed by atoms with Crippen molar-refractivity contribution >= 4 is 10.8 Å². The molecule has 0 amide bonds. The summed E-state index contributed by atoms with van der Waals surface area (Å²) in [5.41, 5.74) is 0.781. The highest BCUT2D eigenvalue weighted by molar-refractivity contribution is 7.84. The van der Waals surface area contributed by atoms with Gasteiger partial charge in [-0.3, -0.25) is 4.21 Å². The lowest BCUT2D eigenvalue weighted by atomic mass is 10.1. The maximum absolute atomic E-state index is 11.1. The lowest BCUT2D eigenvalue weighted by Gasteiger charge is -2.20. The molecule has 3 unspecified atom stereocenters. The standard InChI is InChI=1S/C13H21NO3S/c1-9(8-18(4)16)14-10(2)12-7-11(17-3)5-6-13(12)15/h5-7,9-10,14-15H,8H2,1-4H3. The number of hydrogen-bond donors (Lipinski definition) is 2. The molecule has 5 heteroatoms. The van der Waals surface area contributed by atoms with Crippen molar-refractivity contribution < 1.29 is 14.1 Å². The number of hydrogen-bond acceptors (Lipinski definition) is 4. The van der Waals surface area contributed by atoms with Crippen LogP contribution in [0.5, 0.6) is 11.5 Å². The van der Waals surface area contributed by atoms with E-state index in [0.717, 1.165) is 5.56 Å². The second-order valence-corrected chi connectivity index (χ2v) is 5.93. The summed E-state index contributed by atoms with van der Waals surface area (Å²) >= 11 is 0. The van der Waals surface area contributed by atoms with Gasteiger partial charge < -0.3 is 15.2 Å². The molecule has 0 fully saturated rings. The van der Waals surface area contributed by atoms with Gasteiger partial charge in [-0.2, -0.15) is 0 Å². The predicted octanol–water partition coefficient (Wildman–Crippen LogP) is 1.82. The van der Waals surface area contributed by atoms with Gasteiger partial charge in [-0.15, -0.1) is 0 Å². The predicted molar refractivity (Wildman–Crippen MR) is 74.6 cm³/mol. The monoisotopic (exact) mass is 271 g/mol. The highest BCUT2D eigenvalue weighted by Gasteiger charge is 2.14. The normalized spacial score (nSPS) is 16.0. The first-order valence-corrected chi connectivity index (χ1v) is 7.59. The minimum absolute atomic E-state index is 0.0290. The Morgan fingerprint density at radius 1 is 1.44 bits per heavy atom. The summed E-state index contributed by atoms with van der Waals surface area (Å²) in [5, 5.41) is 13.2. The molecule has 0 saturated carbocycles. The first-order chi connectivity index (χ1) is 8.43. The van der Waals surface area contributed by atoms with E-state index in [1.165, 1.54) is 0 Å². The van der Waals surface area contributed by atoms with Crippen LogP contribution >= 0.6 is 0 Å². The van der Waals surface area contributed by atoms with Gasteiger partial charge in [0.15, 0.2) is 0 Å². The van der Waals surface area contributed by atoms with Crippen LogP contribution in [0.25, 0.3) is 0 Å².